The average Bonchev–Trinajstić information content (AvgIpc) is 2.92. The van der Waals surface area contributed by atoms with Gasteiger partial charge in [0.05, 0.1) is 15.7 Å². The molecule has 3 unspecified atom stereocenters. The molecule has 1 amide bonds. The maximum Gasteiger partial charge on any atom is 0.224 e. The fourth-order valence-corrected chi connectivity index (χ4v) is 4.68. The van der Waals surface area contributed by atoms with Gasteiger partial charge in [-0.3, -0.25) is 9.69 Å². The number of thiophene rings is 1. The molecule has 0 aromatic carbocycles. The maximum atomic E-state index is 11.9. The van der Waals surface area contributed by atoms with Gasteiger partial charge in [0.1, 0.15) is 0 Å². The van der Waals surface area contributed by atoms with Gasteiger partial charge in [-0.15, -0.1) is 11.3 Å². The van der Waals surface area contributed by atoms with Gasteiger partial charge in [-0.1, -0.05) is 6.92 Å². The van der Waals surface area contributed by atoms with Gasteiger partial charge in [0.2, 0.25) is 5.91 Å². The van der Waals surface area contributed by atoms with Crippen LogP contribution >= 0.6 is 27.3 Å². The lowest BCUT2D eigenvalue weighted by molar-refractivity contribution is -0.126. The number of rotatable bonds is 5. The molecule has 21 heavy (non-hydrogen) atoms. The molecule has 0 bridgehead atoms. The minimum Gasteiger partial charge on any atom is -0.359 e. The van der Waals surface area contributed by atoms with Crippen molar-refractivity contribution in [1.82, 2.24) is 10.2 Å². The molecule has 4 nitrogen and oxygen atoms in total. The molecule has 1 fully saturated rings. The largest absolute Gasteiger partial charge is 0.359 e. The van der Waals surface area contributed by atoms with Gasteiger partial charge in [-0.25, -0.2) is 0 Å². The van der Waals surface area contributed by atoms with E-state index in [0.29, 0.717) is 0 Å². The van der Waals surface area contributed by atoms with Crippen molar-refractivity contribution in [3.05, 3.63) is 20.8 Å². The van der Waals surface area contributed by atoms with E-state index in [1.807, 2.05) is 0 Å². The smallest absolute Gasteiger partial charge is 0.224 e. The van der Waals surface area contributed by atoms with E-state index in [4.69, 9.17) is 5.73 Å². The van der Waals surface area contributed by atoms with Crippen molar-refractivity contribution in [3.8, 4) is 0 Å². The predicted octanol–water partition coefficient (Wildman–Crippen LogP) is 2.75. The van der Waals surface area contributed by atoms with Gasteiger partial charge in [0.25, 0.3) is 0 Å². The minimum atomic E-state index is 0.0821. The highest BCUT2D eigenvalue weighted by atomic mass is 79.9. The molecule has 0 saturated carbocycles. The first-order chi connectivity index (χ1) is 10.1. The molecular formula is C15H24BrN3OS. The monoisotopic (exact) mass is 373 g/mol. The fraction of sp³-hybridized carbons (Fsp3) is 0.667. The molecule has 0 radical (unpaired) electrons. The minimum absolute atomic E-state index is 0.0821. The number of carbonyl (C=O) groups is 1. The number of piperidine rings is 1. The van der Waals surface area contributed by atoms with Gasteiger partial charge in [-0.2, -0.15) is 0 Å². The van der Waals surface area contributed by atoms with Crippen LogP contribution in [0.3, 0.4) is 0 Å². The standard InChI is InChI=1S/C15H24BrN3OS/c1-3-11(17)14(12-6-7-13(16)21-12)19-8-4-5-10(9-19)15(20)18-2/h6-7,10-11,14H,3-5,8-9,17H2,1-2H3,(H,18,20). The topological polar surface area (TPSA) is 58.4 Å². The summed E-state index contributed by atoms with van der Waals surface area (Å²) < 4.78 is 1.13. The highest BCUT2D eigenvalue weighted by Crippen LogP contribution is 2.35. The molecule has 0 aliphatic carbocycles. The lowest BCUT2D eigenvalue weighted by Crippen LogP contribution is -2.48. The first-order valence-electron chi connectivity index (χ1n) is 7.53. The normalized spacial score (nSPS) is 22.8. The maximum absolute atomic E-state index is 11.9. The van der Waals surface area contributed by atoms with Crippen molar-refractivity contribution < 1.29 is 4.79 Å². The summed E-state index contributed by atoms with van der Waals surface area (Å²) in [4.78, 5) is 15.6. The molecule has 0 spiro atoms. The predicted molar refractivity (Wildman–Crippen MR) is 91.4 cm³/mol. The van der Waals surface area contributed by atoms with E-state index in [1.165, 1.54) is 4.88 Å². The van der Waals surface area contributed by atoms with Crippen LogP contribution < -0.4 is 11.1 Å². The third-order valence-electron chi connectivity index (χ3n) is 4.23. The molecule has 2 rings (SSSR count). The molecule has 1 aromatic heterocycles. The molecule has 2 heterocycles. The number of nitrogens with one attached hydrogen (secondary N) is 1. The molecule has 118 valence electrons. The van der Waals surface area contributed by atoms with Crippen molar-refractivity contribution in [1.29, 1.82) is 0 Å². The molecular weight excluding hydrogens is 350 g/mol. The van der Waals surface area contributed by atoms with E-state index in [2.05, 4.69) is 45.2 Å². The second-order valence-corrected chi connectivity index (χ2v) is 8.10. The number of nitrogens with two attached hydrogens (primary N) is 1. The van der Waals surface area contributed by atoms with E-state index in [-0.39, 0.29) is 23.9 Å². The Morgan fingerprint density at radius 3 is 2.95 bits per heavy atom. The quantitative estimate of drug-likeness (QED) is 0.833. The zero-order valence-corrected chi connectivity index (χ0v) is 15.0. The Bertz CT molecular complexity index is 479. The number of likely N-dealkylation sites (tertiary alicyclic amines) is 1. The zero-order chi connectivity index (χ0) is 15.4. The molecule has 1 aliphatic rings. The average molecular weight is 374 g/mol. The number of amides is 1. The van der Waals surface area contributed by atoms with Crippen LogP contribution in [0.2, 0.25) is 0 Å². The number of hydrogen-bond acceptors (Lipinski definition) is 4. The summed E-state index contributed by atoms with van der Waals surface area (Å²) in [6.07, 6.45) is 2.96. The Morgan fingerprint density at radius 1 is 1.62 bits per heavy atom. The summed E-state index contributed by atoms with van der Waals surface area (Å²) in [7, 11) is 1.72. The third kappa shape index (κ3) is 4.06. The number of carbonyl (C=O) groups excluding carboxylic acids is 1. The lowest BCUT2D eigenvalue weighted by atomic mass is 9.93. The van der Waals surface area contributed by atoms with Crippen LogP contribution in [0.4, 0.5) is 0 Å². The van der Waals surface area contributed by atoms with Crippen molar-refractivity contribution >= 4 is 33.2 Å². The van der Waals surface area contributed by atoms with Crippen LogP contribution in [0.25, 0.3) is 0 Å². The second-order valence-electron chi connectivity index (χ2n) is 5.61. The van der Waals surface area contributed by atoms with Crippen LogP contribution in [-0.2, 0) is 4.79 Å². The third-order valence-corrected chi connectivity index (χ3v) is 5.92. The number of nitrogens with zero attached hydrogens (tertiary/aromatic N) is 1. The Hall–Kier alpha value is -0.430. The van der Waals surface area contributed by atoms with Gasteiger partial charge >= 0.3 is 0 Å². The highest BCUT2D eigenvalue weighted by molar-refractivity contribution is 9.11. The van der Waals surface area contributed by atoms with Crippen molar-refractivity contribution in [3.63, 3.8) is 0 Å². The van der Waals surface area contributed by atoms with Gasteiger partial charge in [0.15, 0.2) is 0 Å². The second kappa shape index (κ2) is 7.72. The van der Waals surface area contributed by atoms with Crippen LogP contribution in [0, 0.1) is 5.92 Å². The van der Waals surface area contributed by atoms with Crippen LogP contribution in [0.1, 0.15) is 37.1 Å². The van der Waals surface area contributed by atoms with Crippen molar-refractivity contribution in [2.75, 3.05) is 20.1 Å². The summed E-state index contributed by atoms with van der Waals surface area (Å²) in [6, 6.07) is 4.53. The van der Waals surface area contributed by atoms with Crippen LogP contribution in [0.5, 0.6) is 0 Å². The Balaban J connectivity index is 2.18. The van der Waals surface area contributed by atoms with E-state index < -0.39 is 0 Å². The summed E-state index contributed by atoms with van der Waals surface area (Å²) in [6.45, 7) is 3.94. The van der Waals surface area contributed by atoms with Gasteiger partial charge in [-0.05, 0) is 53.9 Å². The van der Waals surface area contributed by atoms with Crippen molar-refractivity contribution in [2.45, 2.75) is 38.3 Å². The van der Waals surface area contributed by atoms with Crippen molar-refractivity contribution in [2.24, 2.45) is 11.7 Å². The Labute approximate surface area is 139 Å². The molecule has 3 atom stereocenters. The first-order valence-corrected chi connectivity index (χ1v) is 9.14. The summed E-state index contributed by atoms with van der Waals surface area (Å²) in [5.41, 5.74) is 6.39. The van der Waals surface area contributed by atoms with Gasteiger partial charge < -0.3 is 11.1 Å². The van der Waals surface area contributed by atoms with E-state index in [0.717, 1.165) is 36.1 Å². The molecule has 1 aliphatic heterocycles. The molecule has 3 N–H and O–H groups in total. The van der Waals surface area contributed by atoms with E-state index in [9.17, 15) is 4.79 Å². The zero-order valence-electron chi connectivity index (χ0n) is 12.6. The lowest BCUT2D eigenvalue weighted by Gasteiger charge is -2.39. The molecule has 1 saturated heterocycles. The Kier molecular flexibility index (Phi) is 6.22. The summed E-state index contributed by atoms with van der Waals surface area (Å²) in [5.74, 6) is 0.231. The van der Waals surface area contributed by atoms with E-state index >= 15 is 0 Å². The SMILES string of the molecule is CCC(N)C(c1ccc(Br)s1)N1CCCC(C(=O)NC)C1. The first kappa shape index (κ1) is 16.9. The fourth-order valence-electron chi connectivity index (χ4n) is 3.05. The van der Waals surface area contributed by atoms with Crippen LogP contribution in [-0.4, -0.2) is 37.0 Å². The highest BCUT2D eigenvalue weighted by Gasteiger charge is 2.33. The molecule has 1 aromatic rings. The summed E-state index contributed by atoms with van der Waals surface area (Å²) >= 11 is 5.28. The Morgan fingerprint density at radius 2 is 2.38 bits per heavy atom. The summed E-state index contributed by atoms with van der Waals surface area (Å²) in [5, 5.41) is 2.78. The van der Waals surface area contributed by atoms with Crippen LogP contribution in [0.15, 0.2) is 15.9 Å². The van der Waals surface area contributed by atoms with E-state index in [1.54, 1.807) is 18.4 Å². The van der Waals surface area contributed by atoms with Gasteiger partial charge in [0, 0.05) is 24.5 Å². The molecule has 6 heteroatoms. The number of halogens is 1. The number of hydrogen-bond donors (Lipinski definition) is 2.